The lowest BCUT2D eigenvalue weighted by atomic mass is 10.1. The normalized spacial score (nSPS) is 13.4. The van der Waals surface area contributed by atoms with Crippen molar-refractivity contribution in [3.05, 3.63) is 46.8 Å². The average Bonchev–Trinajstić information content (AvgIpc) is 2.75. The summed E-state index contributed by atoms with van der Waals surface area (Å²) in [4.78, 5) is 0. The number of aromatic nitrogens is 1. The van der Waals surface area contributed by atoms with Gasteiger partial charge in [0.15, 0.2) is 0 Å². The molecule has 0 amide bonds. The molecule has 1 atom stereocenters. The summed E-state index contributed by atoms with van der Waals surface area (Å²) in [5.41, 5.74) is 3.46. The second-order valence-electron chi connectivity index (χ2n) is 6.79. The number of benzene rings is 1. The van der Waals surface area contributed by atoms with Gasteiger partial charge in [0, 0.05) is 18.2 Å². The highest BCUT2D eigenvalue weighted by atomic mass is 28.3. The third-order valence-electron chi connectivity index (χ3n) is 3.95. The number of hydrogen-bond acceptors (Lipinski definition) is 3. The first-order valence-corrected chi connectivity index (χ1v) is 11.0. The molecule has 0 spiro atoms. The fourth-order valence-corrected chi connectivity index (χ4v) is 3.77. The third kappa shape index (κ3) is 3.83. The minimum absolute atomic E-state index is 0.243. The summed E-state index contributed by atoms with van der Waals surface area (Å²) in [7, 11) is -1.20. The zero-order valence-electron chi connectivity index (χ0n) is 13.9. The molecule has 2 aromatic rings. The van der Waals surface area contributed by atoms with E-state index in [2.05, 4.69) is 61.3 Å². The Morgan fingerprint density at radius 1 is 1.14 bits per heavy atom. The molecule has 0 radical (unpaired) electrons. The third-order valence-corrected chi connectivity index (χ3v) is 6.02. The van der Waals surface area contributed by atoms with E-state index in [-0.39, 0.29) is 6.04 Å². The summed E-state index contributed by atoms with van der Waals surface area (Å²) in [5, 5.41) is 9.08. The van der Waals surface area contributed by atoms with Crippen molar-refractivity contribution in [2.75, 3.05) is 0 Å². The van der Waals surface area contributed by atoms with Gasteiger partial charge in [-0.2, -0.15) is 0 Å². The van der Waals surface area contributed by atoms with E-state index in [1.165, 1.54) is 16.3 Å². The van der Waals surface area contributed by atoms with Crippen LogP contribution >= 0.6 is 0 Å². The Bertz CT molecular complexity index is 577. The molecule has 1 N–H and O–H groups in total. The maximum Gasteiger partial charge on any atom is 0.138 e. The second-order valence-corrected chi connectivity index (χ2v) is 11.9. The lowest BCUT2D eigenvalue weighted by Crippen LogP contribution is -2.37. The largest absolute Gasteiger partial charge is 0.361 e. The molecule has 1 aromatic carbocycles. The molecule has 0 saturated carbocycles. The van der Waals surface area contributed by atoms with E-state index in [0.29, 0.717) is 0 Å². The molecule has 3 nitrogen and oxygen atoms in total. The number of rotatable bonds is 5. The maximum atomic E-state index is 5.24. The first-order chi connectivity index (χ1) is 9.79. The van der Waals surface area contributed by atoms with Crippen molar-refractivity contribution in [1.82, 2.24) is 10.5 Å². The quantitative estimate of drug-likeness (QED) is 0.856. The highest BCUT2D eigenvalue weighted by Gasteiger charge is 2.17. The smallest absolute Gasteiger partial charge is 0.138 e. The lowest BCUT2D eigenvalue weighted by Gasteiger charge is -2.18. The lowest BCUT2D eigenvalue weighted by molar-refractivity contribution is 0.390. The van der Waals surface area contributed by atoms with E-state index >= 15 is 0 Å². The van der Waals surface area contributed by atoms with Crippen molar-refractivity contribution in [2.24, 2.45) is 0 Å². The van der Waals surface area contributed by atoms with Crippen molar-refractivity contribution in [1.29, 1.82) is 0 Å². The van der Waals surface area contributed by atoms with E-state index in [0.717, 1.165) is 18.0 Å². The van der Waals surface area contributed by atoms with Gasteiger partial charge in [-0.05, 0) is 26.3 Å². The van der Waals surface area contributed by atoms with Crippen LogP contribution in [0.4, 0.5) is 0 Å². The first kappa shape index (κ1) is 16.0. The summed E-state index contributed by atoms with van der Waals surface area (Å²) < 4.78 is 5.24. The van der Waals surface area contributed by atoms with Crippen molar-refractivity contribution >= 4 is 13.3 Å². The Kier molecular flexibility index (Phi) is 4.69. The van der Waals surface area contributed by atoms with Gasteiger partial charge in [-0.15, -0.1) is 0 Å². The highest BCUT2D eigenvalue weighted by Crippen LogP contribution is 2.21. The van der Waals surface area contributed by atoms with Crippen LogP contribution in [0.2, 0.25) is 19.6 Å². The monoisotopic (exact) mass is 302 g/mol. The topological polar surface area (TPSA) is 38.1 Å². The van der Waals surface area contributed by atoms with Crippen LogP contribution < -0.4 is 10.5 Å². The standard InChI is InChI=1S/C17H26N2OSi/c1-12(17-13(2)19-20-14(17)3)18-11-15-7-9-16(10-8-15)21(4,5)6/h7-10,12,18H,11H2,1-6H3. The molecule has 1 heterocycles. The molecule has 114 valence electrons. The molecule has 4 heteroatoms. The molecular formula is C17H26N2OSi. The number of aryl methyl sites for hydroxylation is 2. The molecule has 0 aliphatic heterocycles. The fourth-order valence-electron chi connectivity index (χ4n) is 2.60. The Morgan fingerprint density at radius 2 is 1.76 bits per heavy atom. The minimum Gasteiger partial charge on any atom is -0.361 e. The van der Waals surface area contributed by atoms with E-state index in [1.807, 2.05) is 13.8 Å². The van der Waals surface area contributed by atoms with E-state index in [9.17, 15) is 0 Å². The molecule has 1 aromatic heterocycles. The first-order valence-electron chi connectivity index (χ1n) is 7.54. The summed E-state index contributed by atoms with van der Waals surface area (Å²) >= 11 is 0. The summed E-state index contributed by atoms with van der Waals surface area (Å²) in [5.74, 6) is 0.904. The van der Waals surface area contributed by atoms with Gasteiger partial charge in [0.2, 0.25) is 0 Å². The maximum absolute atomic E-state index is 5.24. The van der Waals surface area contributed by atoms with Gasteiger partial charge in [-0.25, -0.2) is 0 Å². The Hall–Kier alpha value is -1.39. The predicted molar refractivity (Wildman–Crippen MR) is 90.7 cm³/mol. The number of nitrogens with zero attached hydrogens (tertiary/aromatic N) is 1. The molecule has 0 aliphatic rings. The predicted octanol–water partition coefficient (Wildman–Crippen LogP) is 3.69. The highest BCUT2D eigenvalue weighted by molar-refractivity contribution is 6.88. The van der Waals surface area contributed by atoms with E-state index < -0.39 is 8.07 Å². The van der Waals surface area contributed by atoms with E-state index in [1.54, 1.807) is 0 Å². The van der Waals surface area contributed by atoms with Crippen LogP contribution in [0.5, 0.6) is 0 Å². The average molecular weight is 302 g/mol. The van der Waals surface area contributed by atoms with Crippen molar-refractivity contribution < 1.29 is 4.52 Å². The molecule has 0 fully saturated rings. The zero-order chi connectivity index (χ0) is 15.6. The fraction of sp³-hybridized carbons (Fsp3) is 0.471. The van der Waals surface area contributed by atoms with Crippen LogP contribution in [0.1, 0.15) is 35.5 Å². The summed E-state index contributed by atoms with van der Waals surface area (Å²) in [6.07, 6.45) is 0. The number of nitrogens with one attached hydrogen (secondary N) is 1. The van der Waals surface area contributed by atoms with Gasteiger partial charge in [0.25, 0.3) is 0 Å². The molecule has 0 saturated heterocycles. The van der Waals surface area contributed by atoms with Crippen LogP contribution in [0.25, 0.3) is 0 Å². The van der Waals surface area contributed by atoms with Crippen molar-refractivity contribution in [3.8, 4) is 0 Å². The molecule has 2 rings (SSSR count). The summed E-state index contributed by atoms with van der Waals surface area (Å²) in [6, 6.07) is 9.28. The van der Waals surface area contributed by atoms with Gasteiger partial charge in [0.05, 0.1) is 13.8 Å². The Balaban J connectivity index is 2.00. The minimum atomic E-state index is -1.20. The van der Waals surface area contributed by atoms with Gasteiger partial charge in [0.1, 0.15) is 5.76 Å². The zero-order valence-corrected chi connectivity index (χ0v) is 14.9. The second kappa shape index (κ2) is 6.16. The molecule has 1 unspecified atom stereocenters. The van der Waals surface area contributed by atoms with Gasteiger partial charge < -0.3 is 9.84 Å². The van der Waals surface area contributed by atoms with Crippen LogP contribution in [0.15, 0.2) is 28.8 Å². The van der Waals surface area contributed by atoms with Crippen molar-refractivity contribution in [2.45, 2.75) is 53.0 Å². The van der Waals surface area contributed by atoms with Gasteiger partial charge >= 0.3 is 0 Å². The van der Waals surface area contributed by atoms with Crippen LogP contribution in [0, 0.1) is 13.8 Å². The van der Waals surface area contributed by atoms with E-state index in [4.69, 9.17) is 4.52 Å². The molecule has 0 aliphatic carbocycles. The van der Waals surface area contributed by atoms with Crippen LogP contribution in [0.3, 0.4) is 0 Å². The van der Waals surface area contributed by atoms with Crippen molar-refractivity contribution in [3.63, 3.8) is 0 Å². The summed E-state index contributed by atoms with van der Waals surface area (Å²) in [6.45, 7) is 14.1. The molecule has 21 heavy (non-hydrogen) atoms. The Morgan fingerprint density at radius 3 is 2.24 bits per heavy atom. The molecule has 0 bridgehead atoms. The van der Waals surface area contributed by atoms with Gasteiger partial charge in [-0.3, -0.25) is 0 Å². The number of hydrogen-bond donors (Lipinski definition) is 1. The molecular weight excluding hydrogens is 276 g/mol. The SMILES string of the molecule is Cc1noc(C)c1C(C)NCc1ccc([Si](C)(C)C)cc1. The van der Waals surface area contributed by atoms with Crippen LogP contribution in [-0.2, 0) is 6.54 Å². The Labute approximate surface area is 128 Å². The van der Waals surface area contributed by atoms with Gasteiger partial charge in [-0.1, -0.05) is 54.2 Å². The van der Waals surface area contributed by atoms with Crippen LogP contribution in [-0.4, -0.2) is 13.2 Å².